The molecule has 2 unspecified atom stereocenters. The van der Waals surface area contributed by atoms with E-state index in [2.05, 4.69) is 5.32 Å². The molecular formula is C13H24N2O. The number of nitrogens with one attached hydrogen (secondary N) is 1. The van der Waals surface area contributed by atoms with E-state index < -0.39 is 0 Å². The van der Waals surface area contributed by atoms with Gasteiger partial charge in [-0.2, -0.15) is 0 Å². The summed E-state index contributed by atoms with van der Waals surface area (Å²) < 4.78 is 0. The van der Waals surface area contributed by atoms with Crippen LogP contribution >= 0.6 is 0 Å². The van der Waals surface area contributed by atoms with Crippen LogP contribution in [0.3, 0.4) is 0 Å². The molecule has 3 heteroatoms. The van der Waals surface area contributed by atoms with Crippen LogP contribution in [0.2, 0.25) is 0 Å². The van der Waals surface area contributed by atoms with Crippen LogP contribution in [0.15, 0.2) is 0 Å². The SMILES string of the molecule is NC1CCCCCCC1C(=O)NC1CCC1. The van der Waals surface area contributed by atoms with Crippen molar-refractivity contribution in [1.29, 1.82) is 0 Å². The lowest BCUT2D eigenvalue weighted by atomic mass is 9.85. The van der Waals surface area contributed by atoms with E-state index in [1.807, 2.05) is 0 Å². The standard InChI is InChI=1S/C13H24N2O/c14-12-9-4-2-1-3-8-11(12)13(16)15-10-6-5-7-10/h10-12H,1-9,14H2,(H,15,16). The fourth-order valence-corrected chi connectivity index (χ4v) is 2.70. The molecule has 3 N–H and O–H groups in total. The maximum absolute atomic E-state index is 12.1. The molecule has 2 fully saturated rings. The monoisotopic (exact) mass is 224 g/mol. The first-order valence-corrected chi connectivity index (χ1v) is 6.83. The zero-order chi connectivity index (χ0) is 11.4. The molecule has 0 aromatic heterocycles. The third kappa shape index (κ3) is 2.97. The minimum Gasteiger partial charge on any atom is -0.353 e. The van der Waals surface area contributed by atoms with Crippen molar-refractivity contribution in [3.8, 4) is 0 Å². The summed E-state index contributed by atoms with van der Waals surface area (Å²) in [5.74, 6) is 0.292. The zero-order valence-electron chi connectivity index (χ0n) is 10.1. The Morgan fingerprint density at radius 3 is 2.25 bits per heavy atom. The second-order valence-electron chi connectivity index (χ2n) is 5.40. The average molecular weight is 224 g/mol. The van der Waals surface area contributed by atoms with Crippen LogP contribution in [0.4, 0.5) is 0 Å². The second-order valence-corrected chi connectivity index (χ2v) is 5.40. The van der Waals surface area contributed by atoms with Crippen molar-refractivity contribution in [1.82, 2.24) is 5.32 Å². The van der Waals surface area contributed by atoms with Gasteiger partial charge in [-0.3, -0.25) is 4.79 Å². The number of amides is 1. The number of carbonyl (C=O) groups excluding carboxylic acids is 1. The first kappa shape index (κ1) is 11.9. The smallest absolute Gasteiger partial charge is 0.224 e. The minimum absolute atomic E-state index is 0.0703. The third-order valence-corrected chi connectivity index (χ3v) is 4.11. The van der Waals surface area contributed by atoms with Crippen molar-refractivity contribution >= 4 is 5.91 Å². The summed E-state index contributed by atoms with van der Waals surface area (Å²) in [7, 11) is 0. The molecule has 0 aromatic rings. The van der Waals surface area contributed by atoms with Gasteiger partial charge in [0.05, 0.1) is 5.92 Å². The first-order chi connectivity index (χ1) is 7.77. The Kier molecular flexibility index (Phi) is 4.22. The summed E-state index contributed by atoms with van der Waals surface area (Å²) in [6.07, 6.45) is 10.5. The lowest BCUT2D eigenvalue weighted by molar-refractivity contribution is -0.127. The van der Waals surface area contributed by atoms with Crippen LogP contribution in [-0.4, -0.2) is 18.0 Å². The van der Waals surface area contributed by atoms with Gasteiger partial charge >= 0.3 is 0 Å². The highest BCUT2D eigenvalue weighted by atomic mass is 16.2. The fraction of sp³-hybridized carbons (Fsp3) is 0.923. The molecule has 16 heavy (non-hydrogen) atoms. The van der Waals surface area contributed by atoms with Gasteiger partial charge in [0, 0.05) is 12.1 Å². The van der Waals surface area contributed by atoms with Gasteiger partial charge in [0.1, 0.15) is 0 Å². The topological polar surface area (TPSA) is 55.1 Å². The first-order valence-electron chi connectivity index (χ1n) is 6.83. The number of nitrogens with two attached hydrogens (primary N) is 1. The minimum atomic E-state index is 0.0703. The van der Waals surface area contributed by atoms with Crippen LogP contribution in [-0.2, 0) is 4.79 Å². The zero-order valence-corrected chi connectivity index (χ0v) is 10.1. The van der Waals surface area contributed by atoms with Gasteiger partial charge in [0.2, 0.25) is 5.91 Å². The molecule has 0 aromatic carbocycles. The molecular weight excluding hydrogens is 200 g/mol. The van der Waals surface area contributed by atoms with E-state index in [1.54, 1.807) is 0 Å². The number of hydrogen-bond acceptors (Lipinski definition) is 2. The third-order valence-electron chi connectivity index (χ3n) is 4.11. The van der Waals surface area contributed by atoms with Crippen LogP contribution in [0, 0.1) is 5.92 Å². The van der Waals surface area contributed by atoms with Crippen molar-refractivity contribution in [3.05, 3.63) is 0 Å². The molecule has 2 rings (SSSR count). The van der Waals surface area contributed by atoms with E-state index in [4.69, 9.17) is 5.73 Å². The highest BCUT2D eigenvalue weighted by molar-refractivity contribution is 5.79. The molecule has 0 spiro atoms. The van der Waals surface area contributed by atoms with Crippen molar-refractivity contribution in [2.75, 3.05) is 0 Å². The van der Waals surface area contributed by atoms with Crippen molar-refractivity contribution in [2.24, 2.45) is 11.7 Å². The fourth-order valence-electron chi connectivity index (χ4n) is 2.70. The van der Waals surface area contributed by atoms with E-state index in [9.17, 15) is 4.79 Å². The summed E-state index contributed by atoms with van der Waals surface area (Å²) in [6.45, 7) is 0. The van der Waals surface area contributed by atoms with Gasteiger partial charge in [-0.25, -0.2) is 0 Å². The van der Waals surface area contributed by atoms with E-state index in [0.717, 1.165) is 32.1 Å². The van der Waals surface area contributed by atoms with Gasteiger partial charge in [-0.05, 0) is 32.1 Å². The lowest BCUT2D eigenvalue weighted by Crippen LogP contribution is -2.47. The molecule has 2 atom stereocenters. The number of hydrogen-bond donors (Lipinski definition) is 2. The van der Waals surface area contributed by atoms with Crippen molar-refractivity contribution < 1.29 is 4.79 Å². The van der Waals surface area contributed by atoms with Gasteiger partial charge in [0.15, 0.2) is 0 Å². The molecule has 0 bridgehead atoms. The molecule has 3 nitrogen and oxygen atoms in total. The number of carbonyl (C=O) groups is 1. The summed E-state index contributed by atoms with van der Waals surface area (Å²) in [5.41, 5.74) is 6.12. The summed E-state index contributed by atoms with van der Waals surface area (Å²) in [4.78, 5) is 12.1. The largest absolute Gasteiger partial charge is 0.353 e. The maximum Gasteiger partial charge on any atom is 0.224 e. The highest BCUT2D eigenvalue weighted by Crippen LogP contribution is 2.24. The highest BCUT2D eigenvalue weighted by Gasteiger charge is 2.29. The molecule has 0 aliphatic heterocycles. The molecule has 0 saturated heterocycles. The van der Waals surface area contributed by atoms with Crippen molar-refractivity contribution in [3.63, 3.8) is 0 Å². The number of rotatable bonds is 2. The second kappa shape index (κ2) is 5.67. The molecule has 92 valence electrons. The normalized spacial score (nSPS) is 32.3. The molecule has 0 radical (unpaired) electrons. The molecule has 1 amide bonds. The van der Waals surface area contributed by atoms with Crippen LogP contribution in [0.1, 0.15) is 57.8 Å². The summed E-state index contributed by atoms with van der Waals surface area (Å²) in [5, 5.41) is 3.15. The Bertz CT molecular complexity index is 238. The Labute approximate surface area is 98.2 Å². The predicted octanol–water partition coefficient (Wildman–Crippen LogP) is 1.95. The van der Waals surface area contributed by atoms with E-state index in [0.29, 0.717) is 6.04 Å². The van der Waals surface area contributed by atoms with Gasteiger partial charge in [0.25, 0.3) is 0 Å². The lowest BCUT2D eigenvalue weighted by Gasteiger charge is -2.31. The predicted molar refractivity (Wildman–Crippen MR) is 64.9 cm³/mol. The molecule has 2 aliphatic rings. The quantitative estimate of drug-likeness (QED) is 0.753. The molecule has 2 aliphatic carbocycles. The van der Waals surface area contributed by atoms with E-state index >= 15 is 0 Å². The van der Waals surface area contributed by atoms with Crippen LogP contribution in [0.5, 0.6) is 0 Å². The van der Waals surface area contributed by atoms with Crippen molar-refractivity contribution in [2.45, 2.75) is 69.9 Å². The Hall–Kier alpha value is -0.570. The Balaban J connectivity index is 1.84. The molecule has 0 heterocycles. The van der Waals surface area contributed by atoms with E-state index in [-0.39, 0.29) is 17.9 Å². The van der Waals surface area contributed by atoms with Crippen LogP contribution < -0.4 is 11.1 Å². The summed E-state index contributed by atoms with van der Waals surface area (Å²) >= 11 is 0. The van der Waals surface area contributed by atoms with Gasteiger partial charge in [-0.15, -0.1) is 0 Å². The summed E-state index contributed by atoms with van der Waals surface area (Å²) in [6, 6.07) is 0.533. The van der Waals surface area contributed by atoms with Gasteiger partial charge < -0.3 is 11.1 Å². The van der Waals surface area contributed by atoms with Crippen LogP contribution in [0.25, 0.3) is 0 Å². The molecule has 2 saturated carbocycles. The van der Waals surface area contributed by atoms with E-state index in [1.165, 1.54) is 25.7 Å². The Morgan fingerprint density at radius 1 is 0.938 bits per heavy atom. The Morgan fingerprint density at radius 2 is 1.62 bits per heavy atom. The van der Waals surface area contributed by atoms with Gasteiger partial charge in [-0.1, -0.05) is 25.7 Å². The average Bonchev–Trinajstić information content (AvgIpc) is 2.18. The maximum atomic E-state index is 12.1.